The van der Waals surface area contributed by atoms with E-state index in [0.717, 1.165) is 56.8 Å². The molecule has 57 heavy (non-hydrogen) atoms. The van der Waals surface area contributed by atoms with E-state index in [1.54, 1.807) is 0 Å². The van der Waals surface area contributed by atoms with Crippen molar-refractivity contribution >= 4 is 34.1 Å². The highest BCUT2D eigenvalue weighted by molar-refractivity contribution is 5.92. The molecule has 4 nitrogen and oxygen atoms in total. The summed E-state index contributed by atoms with van der Waals surface area (Å²) in [6.45, 7) is 5.26. The minimum atomic E-state index is -0.704. The van der Waals surface area contributed by atoms with Crippen LogP contribution in [0, 0.1) is 0 Å². The quantitative estimate of drug-likeness (QED) is 0.125. The lowest BCUT2D eigenvalue weighted by Gasteiger charge is -2.36. The molecule has 0 atom stereocenters. The third-order valence-electron chi connectivity index (χ3n) is 10.9. The first-order valence-electron chi connectivity index (χ1n) is 19.8. The highest BCUT2D eigenvalue weighted by Gasteiger charge is 2.47. The van der Waals surface area contributed by atoms with Gasteiger partial charge < -0.3 is 19.3 Å². The number of nitrogens with zero attached hydrogens (tertiary/aromatic N) is 2. The van der Waals surface area contributed by atoms with Gasteiger partial charge in [0.2, 0.25) is 0 Å². The van der Waals surface area contributed by atoms with E-state index in [1.165, 1.54) is 22.3 Å². The normalized spacial score (nSPS) is 12.3. The molecule has 0 spiro atoms. The third-order valence-corrected chi connectivity index (χ3v) is 10.9. The van der Waals surface area contributed by atoms with Crippen LogP contribution in [0.15, 0.2) is 206 Å². The molecule has 0 saturated carbocycles. The molecule has 4 heteroatoms. The average Bonchev–Trinajstić information content (AvgIpc) is 3.56. The summed E-state index contributed by atoms with van der Waals surface area (Å²) < 4.78 is 12.0. The van der Waals surface area contributed by atoms with Gasteiger partial charge in [0.1, 0.15) is 11.5 Å². The smallest absolute Gasteiger partial charge is 0.119 e. The second kappa shape index (κ2) is 15.6. The fourth-order valence-corrected chi connectivity index (χ4v) is 8.50. The summed E-state index contributed by atoms with van der Waals surface area (Å²) in [4.78, 5) is 4.70. The van der Waals surface area contributed by atoms with Crippen LogP contribution in [0.3, 0.4) is 0 Å². The minimum absolute atomic E-state index is 0.603. The molecular weight excluding hydrogens is 697 g/mol. The van der Waals surface area contributed by atoms with E-state index in [2.05, 4.69) is 216 Å². The fraction of sp³-hybridized carbons (Fsp3) is 0.0943. The Kier molecular flexibility index (Phi) is 9.76. The first-order chi connectivity index (χ1) is 28.2. The molecule has 278 valence electrons. The number of para-hydroxylation sites is 4. The van der Waals surface area contributed by atoms with Crippen molar-refractivity contribution in [1.29, 1.82) is 0 Å². The lowest BCUT2D eigenvalue weighted by Crippen LogP contribution is -2.29. The molecule has 0 aliphatic heterocycles. The summed E-state index contributed by atoms with van der Waals surface area (Å²) in [6.07, 6.45) is 0. The maximum Gasteiger partial charge on any atom is 0.119 e. The lowest BCUT2D eigenvalue weighted by molar-refractivity contribution is 0.340. The van der Waals surface area contributed by atoms with Gasteiger partial charge in [-0.25, -0.2) is 0 Å². The van der Waals surface area contributed by atoms with Crippen molar-refractivity contribution in [2.45, 2.75) is 19.3 Å². The number of benzene rings is 8. The summed E-state index contributed by atoms with van der Waals surface area (Å²) in [7, 11) is 0. The monoisotopic (exact) mass is 740 g/mol. The molecule has 0 bridgehead atoms. The standard InChI is InChI=1S/C53H44N2O2/c1-3-56-47-31-25-39(26-32-47)53(40-27-33-48(34-28-40)57-4-2)51-37-45(54(41-17-9-5-10-18-41)42-19-11-6-12-20-42)29-35-49(51)50-36-30-46(38-52(50)53)55(43-21-13-7-14-22-43)44-23-15-8-16-24-44/h5-38H,3-4H2,1-2H3. The van der Waals surface area contributed by atoms with Crippen molar-refractivity contribution in [1.82, 2.24) is 0 Å². The number of fused-ring (bicyclic) bond motifs is 3. The molecule has 0 radical (unpaired) electrons. The largest absolute Gasteiger partial charge is 0.494 e. The maximum absolute atomic E-state index is 6.01. The second-order valence-corrected chi connectivity index (χ2v) is 14.1. The van der Waals surface area contributed by atoms with E-state index in [4.69, 9.17) is 9.47 Å². The zero-order valence-corrected chi connectivity index (χ0v) is 32.3. The maximum atomic E-state index is 6.01. The number of ether oxygens (including phenoxy) is 2. The molecule has 8 aromatic rings. The van der Waals surface area contributed by atoms with Crippen molar-refractivity contribution in [3.63, 3.8) is 0 Å². The molecule has 0 N–H and O–H groups in total. The van der Waals surface area contributed by atoms with Crippen LogP contribution in [0.25, 0.3) is 11.1 Å². The molecule has 9 rings (SSSR count). The highest BCUT2D eigenvalue weighted by Crippen LogP contribution is 2.58. The lowest BCUT2D eigenvalue weighted by atomic mass is 9.67. The second-order valence-electron chi connectivity index (χ2n) is 14.1. The van der Waals surface area contributed by atoms with E-state index in [-0.39, 0.29) is 0 Å². The Morgan fingerprint density at radius 3 is 0.965 bits per heavy atom. The Bertz CT molecular complexity index is 2310. The van der Waals surface area contributed by atoms with Gasteiger partial charge in [-0.1, -0.05) is 109 Å². The first-order valence-corrected chi connectivity index (χ1v) is 19.8. The van der Waals surface area contributed by atoms with Gasteiger partial charge in [0, 0.05) is 34.1 Å². The van der Waals surface area contributed by atoms with Crippen molar-refractivity contribution in [2.75, 3.05) is 23.0 Å². The number of hydrogen-bond donors (Lipinski definition) is 0. The van der Waals surface area contributed by atoms with Gasteiger partial charge in [0.15, 0.2) is 0 Å². The summed E-state index contributed by atoms with van der Waals surface area (Å²) in [5.74, 6) is 1.70. The Hall–Kier alpha value is -7.04. The Morgan fingerprint density at radius 2 is 0.667 bits per heavy atom. The molecule has 1 aliphatic carbocycles. The third kappa shape index (κ3) is 6.49. The Labute approximate surface area is 335 Å². The molecule has 0 amide bonds. The van der Waals surface area contributed by atoms with E-state index < -0.39 is 5.41 Å². The van der Waals surface area contributed by atoms with Crippen LogP contribution in [0.2, 0.25) is 0 Å². The molecule has 0 heterocycles. The van der Waals surface area contributed by atoms with E-state index in [0.29, 0.717) is 13.2 Å². The van der Waals surface area contributed by atoms with Gasteiger partial charge >= 0.3 is 0 Å². The predicted octanol–water partition coefficient (Wildman–Crippen LogP) is 13.8. The molecule has 0 saturated heterocycles. The molecule has 0 fully saturated rings. The number of rotatable bonds is 12. The molecule has 1 aliphatic rings. The topological polar surface area (TPSA) is 24.9 Å². The van der Waals surface area contributed by atoms with Gasteiger partial charge in [0.25, 0.3) is 0 Å². The van der Waals surface area contributed by atoms with E-state index >= 15 is 0 Å². The molecular formula is C53H44N2O2. The highest BCUT2D eigenvalue weighted by atomic mass is 16.5. The average molecular weight is 741 g/mol. The zero-order chi connectivity index (χ0) is 38.6. The SMILES string of the molecule is CCOc1ccc(C2(c3ccc(OCC)cc3)c3cc(N(c4ccccc4)c4ccccc4)ccc3-c3ccc(N(c4ccccc4)c4ccccc4)cc32)cc1. The van der Waals surface area contributed by atoms with Crippen molar-refractivity contribution in [3.05, 3.63) is 229 Å². The van der Waals surface area contributed by atoms with E-state index in [9.17, 15) is 0 Å². The van der Waals surface area contributed by atoms with Gasteiger partial charge in [0.05, 0.1) is 18.6 Å². The first kappa shape index (κ1) is 35.6. The van der Waals surface area contributed by atoms with E-state index in [1.807, 2.05) is 13.8 Å². The van der Waals surface area contributed by atoms with Crippen LogP contribution in [0.4, 0.5) is 34.1 Å². The van der Waals surface area contributed by atoms with Crippen molar-refractivity contribution in [2.24, 2.45) is 0 Å². The van der Waals surface area contributed by atoms with Crippen LogP contribution >= 0.6 is 0 Å². The van der Waals surface area contributed by atoms with Crippen LogP contribution in [-0.2, 0) is 5.41 Å². The zero-order valence-electron chi connectivity index (χ0n) is 32.3. The predicted molar refractivity (Wildman–Crippen MR) is 235 cm³/mol. The van der Waals surface area contributed by atoms with Crippen molar-refractivity contribution < 1.29 is 9.47 Å². The van der Waals surface area contributed by atoms with Gasteiger partial charge in [-0.05, 0) is 144 Å². The van der Waals surface area contributed by atoms with Crippen LogP contribution in [0.1, 0.15) is 36.1 Å². The van der Waals surface area contributed by atoms with Gasteiger partial charge in [-0.2, -0.15) is 0 Å². The fourth-order valence-electron chi connectivity index (χ4n) is 8.50. The summed E-state index contributed by atoms with van der Waals surface area (Å²) in [6, 6.07) is 73.9. The molecule has 0 aromatic heterocycles. The molecule has 0 unspecified atom stereocenters. The number of hydrogen-bond acceptors (Lipinski definition) is 4. The van der Waals surface area contributed by atoms with Gasteiger partial charge in [-0.3, -0.25) is 0 Å². The van der Waals surface area contributed by atoms with Crippen molar-refractivity contribution in [3.8, 4) is 22.6 Å². The summed E-state index contributed by atoms with van der Waals surface area (Å²) >= 11 is 0. The van der Waals surface area contributed by atoms with Crippen LogP contribution < -0.4 is 19.3 Å². The van der Waals surface area contributed by atoms with Gasteiger partial charge in [-0.15, -0.1) is 0 Å². The molecule has 8 aromatic carbocycles. The van der Waals surface area contributed by atoms with Crippen LogP contribution in [-0.4, -0.2) is 13.2 Å². The summed E-state index contributed by atoms with van der Waals surface area (Å²) in [5, 5.41) is 0. The minimum Gasteiger partial charge on any atom is -0.494 e. The Morgan fingerprint density at radius 1 is 0.351 bits per heavy atom. The number of anilines is 6. The van der Waals surface area contributed by atoms with Crippen LogP contribution in [0.5, 0.6) is 11.5 Å². The summed E-state index contributed by atoms with van der Waals surface area (Å²) in [5.41, 5.74) is 13.0. The Balaban J connectivity index is 1.34.